The molecule has 1 fully saturated rings. The van der Waals surface area contributed by atoms with Gasteiger partial charge in [0.15, 0.2) is 0 Å². The molecule has 0 N–H and O–H groups in total. The van der Waals surface area contributed by atoms with E-state index < -0.39 is 5.97 Å². The van der Waals surface area contributed by atoms with Crippen LogP contribution in [0.15, 0.2) is 11.3 Å². The predicted molar refractivity (Wildman–Crippen MR) is 59.2 cm³/mol. The molecule has 0 bridgehead atoms. The molecule has 1 amide bonds. The number of ether oxygens (including phenoxy) is 1. The van der Waals surface area contributed by atoms with Gasteiger partial charge in [-0.1, -0.05) is 0 Å². The zero-order valence-electron chi connectivity index (χ0n) is 9.36. The predicted octanol–water partition coefficient (Wildman–Crippen LogP) is 1.37. The zero-order chi connectivity index (χ0) is 11.6. The third-order valence-electron chi connectivity index (χ3n) is 2.27. The van der Waals surface area contributed by atoms with E-state index in [1.807, 2.05) is 6.26 Å². The van der Waals surface area contributed by atoms with E-state index in [4.69, 9.17) is 0 Å². The first-order valence-electron chi connectivity index (χ1n) is 4.63. The molecule has 0 aliphatic carbocycles. The third kappa shape index (κ3) is 2.17. The summed E-state index contributed by atoms with van der Waals surface area (Å²) >= 11 is 1.56. The van der Waals surface area contributed by atoms with Crippen LogP contribution >= 0.6 is 11.8 Å². The molecule has 0 aromatic heterocycles. The van der Waals surface area contributed by atoms with Gasteiger partial charge in [-0.05, 0) is 25.7 Å². The first-order valence-corrected chi connectivity index (χ1v) is 5.92. The van der Waals surface area contributed by atoms with Gasteiger partial charge in [-0.15, -0.1) is 11.8 Å². The van der Waals surface area contributed by atoms with Gasteiger partial charge in [0.1, 0.15) is 5.70 Å². The lowest BCUT2D eigenvalue weighted by Gasteiger charge is -2.40. The molecule has 5 heteroatoms. The van der Waals surface area contributed by atoms with E-state index in [9.17, 15) is 9.59 Å². The van der Waals surface area contributed by atoms with Crippen molar-refractivity contribution in [1.82, 2.24) is 4.90 Å². The fourth-order valence-corrected chi connectivity index (χ4v) is 2.23. The van der Waals surface area contributed by atoms with Gasteiger partial charge in [0, 0.05) is 0 Å². The number of hydrogen-bond donors (Lipinski definition) is 0. The van der Waals surface area contributed by atoms with Crippen LogP contribution in [0.1, 0.15) is 20.3 Å². The Morgan fingerprint density at radius 2 is 2.13 bits per heavy atom. The third-order valence-corrected chi connectivity index (χ3v) is 3.19. The molecular formula is C10H15NO3S. The molecule has 15 heavy (non-hydrogen) atoms. The summed E-state index contributed by atoms with van der Waals surface area (Å²) in [4.78, 5) is 24.5. The number of esters is 1. The van der Waals surface area contributed by atoms with Crippen LogP contribution in [0.25, 0.3) is 0 Å². The van der Waals surface area contributed by atoms with E-state index in [0.29, 0.717) is 12.1 Å². The van der Waals surface area contributed by atoms with Gasteiger partial charge in [-0.25, -0.2) is 4.79 Å². The largest absolute Gasteiger partial charge is 0.464 e. The molecule has 1 rings (SSSR count). The molecule has 0 spiro atoms. The molecule has 1 atom stereocenters. The maximum atomic E-state index is 11.5. The minimum Gasteiger partial charge on any atom is -0.464 e. The maximum absolute atomic E-state index is 11.5. The van der Waals surface area contributed by atoms with Crippen LogP contribution in [-0.2, 0) is 14.3 Å². The van der Waals surface area contributed by atoms with Gasteiger partial charge in [-0.3, -0.25) is 9.69 Å². The lowest BCUT2D eigenvalue weighted by Crippen LogP contribution is -2.51. The van der Waals surface area contributed by atoms with E-state index in [0.717, 1.165) is 5.57 Å². The molecule has 1 heterocycles. The van der Waals surface area contributed by atoms with Gasteiger partial charge in [0.2, 0.25) is 5.91 Å². The average molecular weight is 229 g/mol. The van der Waals surface area contributed by atoms with Crippen molar-refractivity contribution in [3.8, 4) is 0 Å². The van der Waals surface area contributed by atoms with Gasteiger partial charge in [0.25, 0.3) is 0 Å². The lowest BCUT2D eigenvalue weighted by atomic mass is 10.1. The number of thioether (sulfide) groups is 1. The Kier molecular flexibility index (Phi) is 3.79. The van der Waals surface area contributed by atoms with Gasteiger partial charge >= 0.3 is 5.97 Å². The molecule has 0 aromatic rings. The summed E-state index contributed by atoms with van der Waals surface area (Å²) in [7, 11) is 1.32. The number of nitrogens with zero attached hydrogens (tertiary/aromatic N) is 1. The van der Waals surface area contributed by atoms with E-state index in [-0.39, 0.29) is 11.3 Å². The van der Waals surface area contributed by atoms with Gasteiger partial charge in [-0.2, -0.15) is 0 Å². The highest BCUT2D eigenvalue weighted by molar-refractivity contribution is 7.99. The normalized spacial score (nSPS) is 19.6. The minimum absolute atomic E-state index is 0.0176. The zero-order valence-corrected chi connectivity index (χ0v) is 10.2. The highest BCUT2D eigenvalue weighted by atomic mass is 32.2. The molecule has 1 aliphatic heterocycles. The Hall–Kier alpha value is -0.970. The summed E-state index contributed by atoms with van der Waals surface area (Å²) in [5.41, 5.74) is 1.18. The summed E-state index contributed by atoms with van der Waals surface area (Å²) in [5.74, 6) is -0.460. The molecule has 4 nitrogen and oxygen atoms in total. The number of amides is 1. The molecule has 1 unspecified atom stereocenters. The molecule has 1 saturated heterocycles. The summed E-state index contributed by atoms with van der Waals surface area (Å²) in [6.45, 7) is 3.60. The molecule has 0 aromatic carbocycles. The number of carbonyl (C=O) groups is 2. The molecular weight excluding hydrogens is 214 g/mol. The van der Waals surface area contributed by atoms with E-state index in [1.54, 1.807) is 25.6 Å². The maximum Gasteiger partial charge on any atom is 0.354 e. The molecule has 0 radical (unpaired) electrons. The van der Waals surface area contributed by atoms with Crippen LogP contribution in [0.5, 0.6) is 0 Å². The van der Waals surface area contributed by atoms with Crippen molar-refractivity contribution in [2.24, 2.45) is 0 Å². The van der Waals surface area contributed by atoms with Crippen molar-refractivity contribution >= 4 is 23.6 Å². The minimum atomic E-state index is -0.442. The van der Waals surface area contributed by atoms with Crippen molar-refractivity contribution in [3.05, 3.63) is 11.3 Å². The SMILES string of the molecule is COC(=O)C(=C(C)C)N1C(=O)CC1SC. The summed E-state index contributed by atoms with van der Waals surface area (Å²) in [6.07, 6.45) is 2.42. The van der Waals surface area contributed by atoms with Gasteiger partial charge < -0.3 is 4.74 Å². The second-order valence-corrected chi connectivity index (χ2v) is 4.51. The van der Waals surface area contributed by atoms with Crippen LogP contribution in [0.4, 0.5) is 0 Å². The van der Waals surface area contributed by atoms with E-state index >= 15 is 0 Å². The Labute approximate surface area is 93.6 Å². The van der Waals surface area contributed by atoms with E-state index in [2.05, 4.69) is 4.74 Å². The highest BCUT2D eigenvalue weighted by Crippen LogP contribution is 2.33. The van der Waals surface area contributed by atoms with Crippen LogP contribution in [0.3, 0.4) is 0 Å². The second kappa shape index (κ2) is 4.70. The van der Waals surface area contributed by atoms with E-state index in [1.165, 1.54) is 12.0 Å². The Morgan fingerprint density at radius 1 is 1.53 bits per heavy atom. The fourth-order valence-electron chi connectivity index (χ4n) is 1.48. The highest BCUT2D eigenvalue weighted by Gasteiger charge is 2.40. The van der Waals surface area contributed by atoms with Crippen LogP contribution in [0, 0.1) is 0 Å². The summed E-state index contributed by atoms with van der Waals surface area (Å²) < 4.78 is 4.67. The first-order chi connectivity index (χ1) is 7.02. The second-order valence-electron chi connectivity index (χ2n) is 3.50. The number of methoxy groups -OCH3 is 1. The van der Waals surface area contributed by atoms with Crippen molar-refractivity contribution in [2.75, 3.05) is 13.4 Å². The summed E-state index contributed by atoms with van der Waals surface area (Å²) in [6, 6.07) is 0. The standard InChI is InChI=1S/C10H15NO3S/c1-6(2)9(10(13)14-3)11-7(12)5-8(11)15-4/h8H,5H2,1-4H3. The first kappa shape index (κ1) is 12.1. The van der Waals surface area contributed by atoms with Crippen molar-refractivity contribution in [2.45, 2.75) is 25.6 Å². The van der Waals surface area contributed by atoms with Crippen LogP contribution < -0.4 is 0 Å². The van der Waals surface area contributed by atoms with Crippen LogP contribution in [0.2, 0.25) is 0 Å². The number of carbonyl (C=O) groups excluding carboxylic acids is 2. The number of β-lactam (4-membered cyclic amide) rings is 1. The number of allylic oxidation sites excluding steroid dienone is 1. The van der Waals surface area contributed by atoms with Crippen LogP contribution in [-0.4, -0.2) is 35.5 Å². The topological polar surface area (TPSA) is 46.6 Å². The molecule has 0 saturated carbocycles. The number of rotatable bonds is 3. The monoisotopic (exact) mass is 229 g/mol. The quantitative estimate of drug-likeness (QED) is 0.416. The van der Waals surface area contributed by atoms with Crippen molar-refractivity contribution < 1.29 is 14.3 Å². The average Bonchev–Trinajstić information content (AvgIpc) is 2.20. The number of hydrogen-bond acceptors (Lipinski definition) is 4. The molecule has 1 aliphatic rings. The Bertz CT molecular complexity index is 321. The van der Waals surface area contributed by atoms with Gasteiger partial charge in [0.05, 0.1) is 18.9 Å². The smallest absolute Gasteiger partial charge is 0.354 e. The summed E-state index contributed by atoms with van der Waals surface area (Å²) in [5, 5.41) is 0.0708. The lowest BCUT2D eigenvalue weighted by molar-refractivity contribution is -0.147. The number of likely N-dealkylation sites (tertiary alicyclic amines) is 1. The van der Waals surface area contributed by atoms with Crippen molar-refractivity contribution in [3.63, 3.8) is 0 Å². The molecule has 84 valence electrons. The Balaban J connectivity index is 2.96. The Morgan fingerprint density at radius 3 is 2.47 bits per heavy atom. The fraction of sp³-hybridized carbons (Fsp3) is 0.600. The van der Waals surface area contributed by atoms with Crippen molar-refractivity contribution in [1.29, 1.82) is 0 Å².